The number of amides is 3. The topological polar surface area (TPSA) is 92.8 Å². The van der Waals surface area contributed by atoms with Crippen LogP contribution in [0.4, 0.5) is 5.69 Å². The summed E-state index contributed by atoms with van der Waals surface area (Å²) in [5, 5.41) is 2.68. The first-order chi connectivity index (χ1) is 18.2. The van der Waals surface area contributed by atoms with Gasteiger partial charge in [-0.25, -0.2) is 4.79 Å². The number of esters is 1. The van der Waals surface area contributed by atoms with Gasteiger partial charge in [-0.2, -0.15) is 0 Å². The van der Waals surface area contributed by atoms with Crippen molar-refractivity contribution in [1.82, 2.24) is 4.90 Å². The molecule has 0 saturated carbocycles. The van der Waals surface area contributed by atoms with Crippen molar-refractivity contribution in [3.8, 4) is 0 Å². The number of alkyl halides is 2. The van der Waals surface area contributed by atoms with Crippen molar-refractivity contribution in [2.24, 2.45) is 11.8 Å². The highest BCUT2D eigenvalue weighted by atomic mass is 35.5. The number of hydrogen-bond acceptors (Lipinski definition) is 5. The number of rotatable bonds is 5. The van der Waals surface area contributed by atoms with E-state index in [1.54, 1.807) is 19.1 Å². The highest BCUT2D eigenvalue weighted by Gasteiger charge is 2.73. The molecule has 4 aliphatic rings. The van der Waals surface area contributed by atoms with E-state index >= 15 is 0 Å². The average Bonchev–Trinajstić information content (AvgIpc) is 3.18. The number of hydrogen-bond donors (Lipinski definition) is 1. The van der Waals surface area contributed by atoms with Crippen molar-refractivity contribution in [2.45, 2.75) is 16.7 Å². The SMILES string of the molecule is CCOC(=O)c1ccc(NC(=O)CN2C(=O)[C@@H]3[C@@H](C2=O)C2(Cl)c4ccccc4C3(Cl)c3ccccc32)cc1. The molecule has 0 unspecified atom stereocenters. The molecule has 3 aromatic carbocycles. The molecule has 1 N–H and O–H groups in total. The molecule has 3 amide bonds. The van der Waals surface area contributed by atoms with Crippen LogP contribution >= 0.6 is 23.2 Å². The van der Waals surface area contributed by atoms with Gasteiger partial charge in [0.15, 0.2) is 0 Å². The Bertz CT molecular complexity index is 1400. The minimum atomic E-state index is -1.30. The first-order valence-electron chi connectivity index (χ1n) is 12.2. The maximum absolute atomic E-state index is 13.8. The van der Waals surface area contributed by atoms with Crippen molar-refractivity contribution < 1.29 is 23.9 Å². The van der Waals surface area contributed by atoms with Crippen LogP contribution in [0.5, 0.6) is 0 Å². The largest absolute Gasteiger partial charge is 0.462 e. The van der Waals surface area contributed by atoms with E-state index in [4.69, 9.17) is 27.9 Å². The number of likely N-dealkylation sites (tertiary alicyclic amines) is 1. The summed E-state index contributed by atoms with van der Waals surface area (Å²) < 4.78 is 4.96. The van der Waals surface area contributed by atoms with E-state index in [1.807, 2.05) is 48.5 Å². The Morgan fingerprint density at radius 3 is 1.68 bits per heavy atom. The van der Waals surface area contributed by atoms with E-state index in [0.717, 1.165) is 4.90 Å². The lowest BCUT2D eigenvalue weighted by atomic mass is 9.54. The lowest BCUT2D eigenvalue weighted by Gasteiger charge is -2.54. The zero-order valence-corrected chi connectivity index (χ0v) is 21.8. The molecule has 7 rings (SSSR count). The van der Waals surface area contributed by atoms with Gasteiger partial charge in [0, 0.05) is 5.69 Å². The Balaban J connectivity index is 1.31. The summed E-state index contributed by atoms with van der Waals surface area (Å²) in [4.78, 5) is 50.8. The van der Waals surface area contributed by atoms with Gasteiger partial charge in [-0.15, -0.1) is 23.2 Å². The molecule has 3 aliphatic carbocycles. The summed E-state index contributed by atoms with van der Waals surface area (Å²) in [7, 11) is 0. The fourth-order valence-corrected chi connectivity index (χ4v) is 7.23. The van der Waals surface area contributed by atoms with Gasteiger partial charge in [-0.3, -0.25) is 19.3 Å². The van der Waals surface area contributed by atoms with E-state index < -0.39 is 51.8 Å². The van der Waals surface area contributed by atoms with Gasteiger partial charge in [-0.05, 0) is 53.4 Å². The van der Waals surface area contributed by atoms with E-state index in [9.17, 15) is 19.2 Å². The minimum Gasteiger partial charge on any atom is -0.462 e. The molecule has 1 aliphatic heterocycles. The Kier molecular flexibility index (Phi) is 5.63. The quantitative estimate of drug-likeness (QED) is 0.290. The molecular formula is C29H22Cl2N2O5. The number of imide groups is 1. The monoisotopic (exact) mass is 548 g/mol. The van der Waals surface area contributed by atoms with Gasteiger partial charge in [0.25, 0.3) is 0 Å². The minimum absolute atomic E-state index is 0.251. The molecule has 192 valence electrons. The van der Waals surface area contributed by atoms with Crippen LogP contribution in [-0.4, -0.2) is 41.7 Å². The van der Waals surface area contributed by atoms with Crippen molar-refractivity contribution in [3.05, 3.63) is 101 Å². The Morgan fingerprint density at radius 2 is 1.26 bits per heavy atom. The number of benzene rings is 3. The normalized spacial score (nSPS) is 26.4. The predicted molar refractivity (Wildman–Crippen MR) is 141 cm³/mol. The molecule has 1 fully saturated rings. The number of carbonyl (C=O) groups is 4. The highest BCUT2D eigenvalue weighted by molar-refractivity contribution is 6.36. The Hall–Kier alpha value is -3.68. The molecule has 3 aromatic rings. The molecule has 7 nitrogen and oxygen atoms in total. The third-order valence-corrected chi connectivity index (χ3v) is 8.94. The van der Waals surface area contributed by atoms with Crippen molar-refractivity contribution in [1.29, 1.82) is 0 Å². The molecule has 2 bridgehead atoms. The molecule has 0 spiro atoms. The fourth-order valence-electron chi connectivity index (χ4n) is 6.13. The standard InChI is InChI=1S/C29H22Cl2N2O5/c1-2-38-27(37)16-11-13-17(14-12-16)32-22(34)15-33-25(35)23-24(26(33)36)29(31)19-8-4-3-7-18(19)28(23,30)20-9-5-6-10-21(20)29/h3-14,23-24H,2,15H2,1H3,(H,32,34)/t23-,24-,28?,29?/m0/s1. The fraction of sp³-hybridized carbons (Fsp3) is 0.241. The molecule has 9 heteroatoms. The highest BCUT2D eigenvalue weighted by Crippen LogP contribution is 2.69. The second-order valence-corrected chi connectivity index (χ2v) is 10.8. The van der Waals surface area contributed by atoms with Crippen LogP contribution in [0.1, 0.15) is 39.5 Å². The average molecular weight is 549 g/mol. The van der Waals surface area contributed by atoms with E-state index in [1.165, 1.54) is 12.1 Å². The summed E-state index contributed by atoms with van der Waals surface area (Å²) in [6.07, 6.45) is 0. The van der Waals surface area contributed by atoms with E-state index in [0.29, 0.717) is 33.5 Å². The second kappa shape index (κ2) is 8.68. The second-order valence-electron chi connectivity index (χ2n) is 9.58. The summed E-state index contributed by atoms with van der Waals surface area (Å²) in [6, 6.07) is 20.9. The van der Waals surface area contributed by atoms with Crippen molar-refractivity contribution in [2.75, 3.05) is 18.5 Å². The van der Waals surface area contributed by atoms with Crippen LogP contribution in [0, 0.1) is 11.8 Å². The van der Waals surface area contributed by atoms with Crippen LogP contribution in [0.2, 0.25) is 0 Å². The smallest absolute Gasteiger partial charge is 0.338 e. The summed E-state index contributed by atoms with van der Waals surface area (Å²) in [5.74, 6) is -4.02. The zero-order chi connectivity index (χ0) is 26.8. The van der Waals surface area contributed by atoms with Crippen molar-refractivity contribution >= 4 is 52.6 Å². The molecule has 2 atom stereocenters. The van der Waals surface area contributed by atoms with Gasteiger partial charge in [-0.1, -0.05) is 48.5 Å². The molecule has 1 heterocycles. The van der Waals surface area contributed by atoms with Gasteiger partial charge in [0.1, 0.15) is 16.3 Å². The Morgan fingerprint density at radius 1 is 0.816 bits per heavy atom. The maximum Gasteiger partial charge on any atom is 0.338 e. The van der Waals surface area contributed by atoms with Crippen LogP contribution in [0.15, 0.2) is 72.8 Å². The molecule has 1 saturated heterocycles. The molecule has 0 aromatic heterocycles. The van der Waals surface area contributed by atoms with Crippen LogP contribution in [0.25, 0.3) is 0 Å². The summed E-state index contributed by atoms with van der Waals surface area (Å²) in [5.41, 5.74) is 3.54. The molecule has 38 heavy (non-hydrogen) atoms. The van der Waals surface area contributed by atoms with Crippen LogP contribution < -0.4 is 5.32 Å². The first-order valence-corrected chi connectivity index (χ1v) is 13.0. The third-order valence-electron chi connectivity index (χ3n) is 7.66. The third kappa shape index (κ3) is 3.21. The summed E-state index contributed by atoms with van der Waals surface area (Å²) in [6.45, 7) is 1.47. The molecule has 0 radical (unpaired) electrons. The Labute approximate surface area is 228 Å². The van der Waals surface area contributed by atoms with E-state index in [-0.39, 0.29) is 6.61 Å². The van der Waals surface area contributed by atoms with Gasteiger partial charge >= 0.3 is 5.97 Å². The summed E-state index contributed by atoms with van der Waals surface area (Å²) >= 11 is 14.8. The van der Waals surface area contributed by atoms with Gasteiger partial charge in [0.2, 0.25) is 17.7 Å². The number of anilines is 1. The van der Waals surface area contributed by atoms with Crippen LogP contribution in [0.3, 0.4) is 0 Å². The molecular weight excluding hydrogens is 527 g/mol. The number of ether oxygens (including phenoxy) is 1. The van der Waals surface area contributed by atoms with Gasteiger partial charge < -0.3 is 10.1 Å². The van der Waals surface area contributed by atoms with Crippen LogP contribution in [-0.2, 0) is 28.9 Å². The zero-order valence-electron chi connectivity index (χ0n) is 20.2. The number of nitrogens with one attached hydrogen (secondary N) is 1. The maximum atomic E-state index is 13.8. The van der Waals surface area contributed by atoms with E-state index in [2.05, 4.69) is 5.32 Å². The lowest BCUT2D eigenvalue weighted by molar-refractivity contribution is -0.142. The predicted octanol–water partition coefficient (Wildman–Crippen LogP) is 4.40. The van der Waals surface area contributed by atoms with Crippen molar-refractivity contribution in [3.63, 3.8) is 0 Å². The number of nitrogens with zero attached hydrogens (tertiary/aromatic N) is 1. The first kappa shape index (κ1) is 24.6. The number of carbonyl (C=O) groups excluding carboxylic acids is 4. The lowest BCUT2D eigenvalue weighted by Crippen LogP contribution is -2.57. The van der Waals surface area contributed by atoms with Gasteiger partial charge in [0.05, 0.1) is 24.0 Å². The number of halogens is 2.